The van der Waals surface area contributed by atoms with E-state index in [1.54, 1.807) is 20.8 Å². The number of allylic oxidation sites excluding steroid dienone is 4. The molecule has 0 unspecified atom stereocenters. The largest absolute Gasteiger partial charge is 0.344 e. The second-order valence-corrected chi connectivity index (χ2v) is 12.5. The van der Waals surface area contributed by atoms with E-state index in [4.69, 9.17) is 44.3 Å². The number of ether oxygens (including phenoxy) is 2. The quantitative estimate of drug-likeness (QED) is 0.453. The molecule has 1 saturated heterocycles. The van der Waals surface area contributed by atoms with E-state index in [0.717, 1.165) is 6.08 Å². The Kier molecular flexibility index (Phi) is 5.15. The first-order valence-electron chi connectivity index (χ1n) is 11.3. The van der Waals surface area contributed by atoms with Crippen LogP contribution >= 0.6 is 34.8 Å². The van der Waals surface area contributed by atoms with Crippen LogP contribution in [0.2, 0.25) is 0 Å². The molecule has 9 atom stereocenters. The van der Waals surface area contributed by atoms with Crippen molar-refractivity contribution >= 4 is 46.4 Å². The molecule has 4 aliphatic carbocycles. The van der Waals surface area contributed by atoms with Crippen LogP contribution < -0.4 is 0 Å². The molecule has 0 aromatic carbocycles. The Morgan fingerprint density at radius 3 is 2.52 bits per heavy atom. The molecule has 5 aliphatic rings. The summed E-state index contributed by atoms with van der Waals surface area (Å²) in [6, 6.07) is 0. The summed E-state index contributed by atoms with van der Waals surface area (Å²) < 4.78 is 43.1. The lowest BCUT2D eigenvalue weighted by Gasteiger charge is -2.64. The van der Waals surface area contributed by atoms with Crippen LogP contribution in [0.4, 0.5) is 8.78 Å². The zero-order chi connectivity index (χ0) is 24.4. The third kappa shape index (κ3) is 2.65. The minimum absolute atomic E-state index is 0.103. The second kappa shape index (κ2) is 7.03. The van der Waals surface area contributed by atoms with Crippen LogP contribution in [0, 0.1) is 22.7 Å². The maximum atomic E-state index is 15.6. The molecular weight excluding hydrogens is 497 g/mol. The van der Waals surface area contributed by atoms with Crippen molar-refractivity contribution < 1.29 is 27.8 Å². The smallest absolute Gasteiger partial charge is 0.213 e. The van der Waals surface area contributed by atoms with Crippen molar-refractivity contribution in [3.05, 3.63) is 23.6 Å². The fourth-order valence-electron chi connectivity index (χ4n) is 7.93. The van der Waals surface area contributed by atoms with Crippen LogP contribution in [0.5, 0.6) is 0 Å². The molecule has 0 aromatic rings. The van der Waals surface area contributed by atoms with Gasteiger partial charge in [-0.3, -0.25) is 9.59 Å². The Balaban J connectivity index is 1.67. The minimum atomic E-state index is -1.70. The van der Waals surface area contributed by atoms with Crippen molar-refractivity contribution in [1.29, 1.82) is 0 Å². The summed E-state index contributed by atoms with van der Waals surface area (Å²) in [4.78, 5) is 24.1. The average molecular weight is 524 g/mol. The van der Waals surface area contributed by atoms with E-state index >= 15 is 4.39 Å². The van der Waals surface area contributed by atoms with Crippen molar-refractivity contribution in [3.8, 4) is 0 Å². The van der Waals surface area contributed by atoms with Gasteiger partial charge < -0.3 is 9.47 Å². The van der Waals surface area contributed by atoms with Crippen molar-refractivity contribution in [1.82, 2.24) is 0 Å². The summed E-state index contributed by atoms with van der Waals surface area (Å²) in [5.41, 5.74) is -3.68. The molecule has 0 bridgehead atoms. The van der Waals surface area contributed by atoms with E-state index in [1.165, 1.54) is 6.08 Å². The van der Waals surface area contributed by atoms with E-state index in [2.05, 4.69) is 0 Å². The fourth-order valence-corrected chi connectivity index (χ4v) is 9.32. The number of rotatable bonds is 2. The van der Waals surface area contributed by atoms with Gasteiger partial charge in [-0.2, -0.15) is 0 Å². The highest BCUT2D eigenvalue weighted by Crippen LogP contribution is 2.74. The maximum Gasteiger partial charge on any atom is 0.213 e. The molecule has 1 aliphatic heterocycles. The van der Waals surface area contributed by atoms with Crippen LogP contribution in [0.25, 0.3) is 0 Å². The lowest BCUT2D eigenvalue weighted by atomic mass is 9.46. The first kappa shape index (κ1) is 24.2. The van der Waals surface area contributed by atoms with Gasteiger partial charge in [0.15, 0.2) is 23.0 Å². The van der Waals surface area contributed by atoms with Crippen LogP contribution in [-0.4, -0.2) is 51.4 Å². The number of carbonyl (C=O) groups is 2. The number of alkyl halides is 4. The number of hydrogen-bond donors (Lipinski definition) is 0. The summed E-state index contributed by atoms with van der Waals surface area (Å²) in [6.45, 7) is 7.09. The third-order valence-electron chi connectivity index (χ3n) is 9.19. The highest BCUT2D eigenvalue weighted by molar-refractivity contribution is 6.34. The van der Waals surface area contributed by atoms with Gasteiger partial charge in [0.2, 0.25) is 5.78 Å². The van der Waals surface area contributed by atoms with Gasteiger partial charge in [0, 0.05) is 16.4 Å². The van der Waals surface area contributed by atoms with Crippen molar-refractivity contribution in [2.24, 2.45) is 22.7 Å². The Hall–Kier alpha value is -0.530. The molecule has 4 nitrogen and oxygen atoms in total. The van der Waals surface area contributed by atoms with Crippen LogP contribution in [0.15, 0.2) is 23.6 Å². The zero-order valence-electron chi connectivity index (χ0n) is 18.9. The second-order valence-electron chi connectivity index (χ2n) is 11.0. The number of halogens is 5. The standard InChI is InChI=1S/C24H27Cl3F2O4/c1-20(2)32-17-8-11-12-7-13(28)18-19(29)14(30)5-6-21(18,3)23(12,27)15(26)9-22(11,4)24(17,33-20)16(31)10-25/h5-6,11-13,15,17H,7-10H2,1-4H3/t11-,12-,13-,15-,17+,21-,22-,23-,24+/m0/s1. The maximum absolute atomic E-state index is 15.6. The number of carbonyl (C=O) groups excluding carboxylic acids is 2. The molecule has 0 radical (unpaired) electrons. The number of hydrogen-bond acceptors (Lipinski definition) is 4. The highest BCUT2D eigenvalue weighted by Gasteiger charge is 2.80. The molecular formula is C24H27Cl3F2O4. The summed E-state index contributed by atoms with van der Waals surface area (Å²) in [5.74, 6) is -4.29. The van der Waals surface area contributed by atoms with Crippen LogP contribution in [-0.2, 0) is 19.1 Å². The molecule has 0 aromatic heterocycles. The van der Waals surface area contributed by atoms with Crippen LogP contribution in [0.3, 0.4) is 0 Å². The molecule has 0 amide bonds. The zero-order valence-corrected chi connectivity index (χ0v) is 21.2. The SMILES string of the molecule is CC1(C)O[C@@H]2C[C@H]3[C@@H]4C[C@H](F)C5=C(F)C(=O)C=C[C@]5(C)[C@@]4(Cl)[C@@H](Cl)C[C@]3(C)[C@]2(C(=O)CCl)O1. The minimum Gasteiger partial charge on any atom is -0.344 e. The van der Waals surface area contributed by atoms with Gasteiger partial charge in [-0.25, -0.2) is 8.78 Å². The monoisotopic (exact) mass is 522 g/mol. The molecule has 5 rings (SSSR count). The van der Waals surface area contributed by atoms with Gasteiger partial charge in [0.05, 0.1) is 22.2 Å². The highest BCUT2D eigenvalue weighted by atomic mass is 35.5. The molecule has 0 spiro atoms. The van der Waals surface area contributed by atoms with E-state index in [-0.39, 0.29) is 36.0 Å². The van der Waals surface area contributed by atoms with E-state index in [0.29, 0.717) is 6.42 Å². The summed E-state index contributed by atoms with van der Waals surface area (Å²) >= 11 is 20.5. The molecule has 33 heavy (non-hydrogen) atoms. The third-order valence-corrected chi connectivity index (χ3v) is 11.0. The summed E-state index contributed by atoms with van der Waals surface area (Å²) in [5, 5.41) is -0.769. The van der Waals surface area contributed by atoms with Gasteiger partial charge in [0.1, 0.15) is 6.17 Å². The molecule has 4 fully saturated rings. The Morgan fingerprint density at radius 1 is 1.21 bits per heavy atom. The lowest BCUT2D eigenvalue weighted by molar-refractivity contribution is -0.211. The lowest BCUT2D eigenvalue weighted by Crippen LogP contribution is -2.69. The number of ketones is 2. The van der Waals surface area contributed by atoms with Crippen molar-refractivity contribution in [2.75, 3.05) is 5.88 Å². The fraction of sp³-hybridized carbons (Fsp3) is 0.750. The molecule has 182 valence electrons. The first-order valence-corrected chi connectivity index (χ1v) is 12.6. The molecule has 1 heterocycles. The number of fused-ring (bicyclic) bond motifs is 7. The van der Waals surface area contributed by atoms with Gasteiger partial charge >= 0.3 is 0 Å². The predicted molar refractivity (Wildman–Crippen MR) is 121 cm³/mol. The van der Waals surface area contributed by atoms with Gasteiger partial charge in [-0.15, -0.1) is 34.8 Å². The molecule has 9 heteroatoms. The van der Waals surface area contributed by atoms with E-state index in [1.807, 2.05) is 6.92 Å². The average Bonchev–Trinajstić information content (AvgIpc) is 3.13. The normalized spacial score (nSPS) is 52.3. The topological polar surface area (TPSA) is 52.6 Å². The van der Waals surface area contributed by atoms with Crippen LogP contribution in [0.1, 0.15) is 47.0 Å². The summed E-state index contributed by atoms with van der Waals surface area (Å²) in [6.07, 6.45) is 0.910. The molecule has 3 saturated carbocycles. The summed E-state index contributed by atoms with van der Waals surface area (Å²) in [7, 11) is 0. The van der Waals surface area contributed by atoms with Gasteiger partial charge in [-0.05, 0) is 51.0 Å². The van der Waals surface area contributed by atoms with E-state index in [9.17, 15) is 14.0 Å². The molecule has 0 N–H and O–H groups in total. The predicted octanol–water partition coefficient (Wildman–Crippen LogP) is 5.43. The van der Waals surface area contributed by atoms with E-state index < -0.39 is 62.3 Å². The Labute approximate surface area is 207 Å². The van der Waals surface area contributed by atoms with Crippen molar-refractivity contribution in [2.45, 2.75) is 80.9 Å². The number of Topliss-reactive ketones (excluding diaryl/α,β-unsaturated/α-hetero) is 1. The van der Waals surface area contributed by atoms with Gasteiger partial charge in [-0.1, -0.05) is 19.9 Å². The Bertz CT molecular complexity index is 1010. The first-order chi connectivity index (χ1) is 15.2. The van der Waals surface area contributed by atoms with Gasteiger partial charge in [0.25, 0.3) is 0 Å². The Morgan fingerprint density at radius 2 is 1.88 bits per heavy atom. The van der Waals surface area contributed by atoms with Crippen molar-refractivity contribution in [3.63, 3.8) is 0 Å².